The van der Waals surface area contributed by atoms with E-state index in [0.717, 1.165) is 0 Å². The maximum Gasteiger partial charge on any atom is 0.166 e. The summed E-state index contributed by atoms with van der Waals surface area (Å²) in [5, 5.41) is 9.66. The van der Waals surface area contributed by atoms with E-state index in [1.807, 2.05) is 0 Å². The molecule has 0 aliphatic heterocycles. The van der Waals surface area contributed by atoms with Crippen molar-refractivity contribution in [3.63, 3.8) is 0 Å². The lowest BCUT2D eigenvalue weighted by Crippen LogP contribution is -2.00. The molecule has 2 nitrogen and oxygen atoms in total. The Kier molecular flexibility index (Phi) is 4.40. The van der Waals surface area contributed by atoms with Crippen molar-refractivity contribution in [1.82, 2.24) is 0 Å². The van der Waals surface area contributed by atoms with Gasteiger partial charge in [-0.05, 0) is 49.7 Å². The van der Waals surface area contributed by atoms with Crippen molar-refractivity contribution in [2.45, 2.75) is 20.0 Å². The molecule has 0 aromatic heterocycles. The predicted molar refractivity (Wildman–Crippen MR) is 75.9 cm³/mol. The summed E-state index contributed by atoms with van der Waals surface area (Å²) in [4.78, 5) is 0. The molecule has 2 aromatic rings. The van der Waals surface area contributed by atoms with E-state index in [1.165, 1.54) is 31.2 Å². The van der Waals surface area contributed by atoms with Gasteiger partial charge in [-0.3, -0.25) is 0 Å². The molecule has 0 saturated carbocycles. The van der Waals surface area contributed by atoms with Crippen LogP contribution >= 0.6 is 15.9 Å². The summed E-state index contributed by atoms with van der Waals surface area (Å²) in [6.07, 6.45) is -0.918. The number of aliphatic hydroxyl groups is 1. The highest BCUT2D eigenvalue weighted by molar-refractivity contribution is 9.10. The third-order valence-corrected chi connectivity index (χ3v) is 3.35. The average Bonchev–Trinajstić information content (AvgIpc) is 2.36. The summed E-state index contributed by atoms with van der Waals surface area (Å²) in [7, 11) is 0. The number of benzene rings is 2. The van der Waals surface area contributed by atoms with Crippen LogP contribution in [0.2, 0.25) is 0 Å². The largest absolute Gasteiger partial charge is 0.454 e. The Morgan fingerprint density at radius 3 is 2.40 bits per heavy atom. The van der Waals surface area contributed by atoms with Crippen LogP contribution in [0.1, 0.15) is 24.2 Å². The third kappa shape index (κ3) is 3.16. The molecule has 1 atom stereocenters. The normalized spacial score (nSPS) is 12.3. The van der Waals surface area contributed by atoms with Gasteiger partial charge in [-0.15, -0.1) is 0 Å². The molecular formula is C15H13BrF2O2. The second-order valence-electron chi connectivity index (χ2n) is 4.49. The average molecular weight is 343 g/mol. The molecule has 0 spiro atoms. The standard InChI is InChI=1S/C15H13BrF2O2/c1-8-5-15(11(9(2)19)7-12(8)17)20-14-4-3-10(16)6-13(14)18/h3-7,9,19H,1-2H3/t9-/m0/s1. The predicted octanol–water partition coefficient (Wildman–Crippen LogP) is 4.88. The van der Waals surface area contributed by atoms with Gasteiger partial charge >= 0.3 is 0 Å². The van der Waals surface area contributed by atoms with Crippen LogP contribution in [-0.4, -0.2) is 5.11 Å². The lowest BCUT2D eigenvalue weighted by Gasteiger charge is -2.15. The number of hydrogen-bond acceptors (Lipinski definition) is 2. The number of aliphatic hydroxyl groups excluding tert-OH is 1. The topological polar surface area (TPSA) is 29.5 Å². The van der Waals surface area contributed by atoms with Crippen molar-refractivity contribution < 1.29 is 18.6 Å². The smallest absolute Gasteiger partial charge is 0.166 e. The van der Waals surface area contributed by atoms with Crippen molar-refractivity contribution in [3.8, 4) is 11.5 Å². The highest BCUT2D eigenvalue weighted by Crippen LogP contribution is 2.33. The van der Waals surface area contributed by atoms with Crippen LogP contribution in [0.3, 0.4) is 0 Å². The van der Waals surface area contributed by atoms with Crippen LogP contribution < -0.4 is 4.74 Å². The quantitative estimate of drug-likeness (QED) is 0.861. The Morgan fingerprint density at radius 1 is 1.10 bits per heavy atom. The van der Waals surface area contributed by atoms with Gasteiger partial charge in [0.1, 0.15) is 11.6 Å². The molecule has 0 aliphatic rings. The van der Waals surface area contributed by atoms with Gasteiger partial charge in [-0.25, -0.2) is 8.78 Å². The monoisotopic (exact) mass is 342 g/mol. The SMILES string of the molecule is Cc1cc(Oc2ccc(Br)cc2F)c([C@H](C)O)cc1F. The number of hydrogen-bond donors (Lipinski definition) is 1. The van der Waals surface area contributed by atoms with E-state index in [4.69, 9.17) is 4.74 Å². The molecule has 2 aromatic carbocycles. The molecule has 0 amide bonds. The highest BCUT2D eigenvalue weighted by Gasteiger charge is 2.15. The zero-order valence-electron chi connectivity index (χ0n) is 11.0. The highest BCUT2D eigenvalue weighted by atomic mass is 79.9. The Balaban J connectivity index is 2.44. The van der Waals surface area contributed by atoms with E-state index >= 15 is 0 Å². The maximum absolute atomic E-state index is 13.8. The molecule has 1 N–H and O–H groups in total. The van der Waals surface area contributed by atoms with Gasteiger partial charge in [0.05, 0.1) is 6.10 Å². The van der Waals surface area contributed by atoms with E-state index in [9.17, 15) is 13.9 Å². The molecule has 0 saturated heterocycles. The second-order valence-corrected chi connectivity index (χ2v) is 5.41. The van der Waals surface area contributed by atoms with Crippen LogP contribution in [0.25, 0.3) is 0 Å². The van der Waals surface area contributed by atoms with E-state index in [1.54, 1.807) is 13.0 Å². The van der Waals surface area contributed by atoms with Gasteiger partial charge < -0.3 is 9.84 Å². The Hall–Kier alpha value is -1.46. The molecule has 0 aliphatic carbocycles. The van der Waals surface area contributed by atoms with Crippen molar-refractivity contribution in [3.05, 3.63) is 57.6 Å². The van der Waals surface area contributed by atoms with Crippen LogP contribution in [-0.2, 0) is 0 Å². The summed E-state index contributed by atoms with van der Waals surface area (Å²) >= 11 is 3.16. The summed E-state index contributed by atoms with van der Waals surface area (Å²) in [6, 6.07) is 7.01. The lowest BCUT2D eigenvalue weighted by molar-refractivity contribution is 0.195. The van der Waals surface area contributed by atoms with Gasteiger partial charge in [0.15, 0.2) is 11.6 Å². The minimum absolute atomic E-state index is 0.0149. The first-order valence-corrected chi connectivity index (χ1v) is 6.79. The minimum atomic E-state index is -0.918. The molecular weight excluding hydrogens is 330 g/mol. The molecule has 2 rings (SSSR count). The van der Waals surface area contributed by atoms with Gasteiger partial charge in [-0.1, -0.05) is 15.9 Å². The van der Waals surface area contributed by atoms with E-state index in [0.29, 0.717) is 10.0 Å². The van der Waals surface area contributed by atoms with E-state index in [2.05, 4.69) is 15.9 Å². The summed E-state index contributed by atoms with van der Waals surface area (Å²) < 4.78 is 33.4. The van der Waals surface area contributed by atoms with Crippen LogP contribution in [0.4, 0.5) is 8.78 Å². The van der Waals surface area contributed by atoms with Crippen LogP contribution in [0.15, 0.2) is 34.8 Å². The second kappa shape index (κ2) is 5.89. The molecule has 0 heterocycles. The van der Waals surface area contributed by atoms with Crippen LogP contribution in [0, 0.1) is 18.6 Å². The van der Waals surface area contributed by atoms with Crippen molar-refractivity contribution in [1.29, 1.82) is 0 Å². The van der Waals surface area contributed by atoms with Crippen molar-refractivity contribution in [2.24, 2.45) is 0 Å². The van der Waals surface area contributed by atoms with E-state index in [-0.39, 0.29) is 17.1 Å². The molecule has 0 unspecified atom stereocenters. The first-order chi connectivity index (χ1) is 9.38. The number of halogens is 3. The fraction of sp³-hybridized carbons (Fsp3) is 0.200. The van der Waals surface area contributed by atoms with Gasteiger partial charge in [0, 0.05) is 10.0 Å². The molecule has 0 radical (unpaired) electrons. The molecule has 0 bridgehead atoms. The molecule has 106 valence electrons. The number of ether oxygens (including phenoxy) is 1. The maximum atomic E-state index is 13.8. The van der Waals surface area contributed by atoms with Gasteiger partial charge in [-0.2, -0.15) is 0 Å². The Morgan fingerprint density at radius 2 is 1.80 bits per heavy atom. The summed E-state index contributed by atoms with van der Waals surface area (Å²) in [5.74, 6) is -0.733. The zero-order valence-corrected chi connectivity index (χ0v) is 12.5. The Bertz CT molecular complexity index is 642. The third-order valence-electron chi connectivity index (χ3n) is 2.85. The molecule has 20 heavy (non-hydrogen) atoms. The van der Waals surface area contributed by atoms with Crippen molar-refractivity contribution >= 4 is 15.9 Å². The lowest BCUT2D eigenvalue weighted by atomic mass is 10.1. The van der Waals surface area contributed by atoms with Crippen molar-refractivity contribution in [2.75, 3.05) is 0 Å². The van der Waals surface area contributed by atoms with Gasteiger partial charge in [0.2, 0.25) is 0 Å². The molecule has 5 heteroatoms. The minimum Gasteiger partial charge on any atom is -0.454 e. The van der Waals surface area contributed by atoms with Crippen LogP contribution in [0.5, 0.6) is 11.5 Å². The molecule has 0 fully saturated rings. The van der Waals surface area contributed by atoms with Gasteiger partial charge in [0.25, 0.3) is 0 Å². The fourth-order valence-electron chi connectivity index (χ4n) is 1.76. The zero-order chi connectivity index (χ0) is 14.9. The fourth-order valence-corrected chi connectivity index (χ4v) is 2.09. The first kappa shape index (κ1) is 14.9. The number of aryl methyl sites for hydroxylation is 1. The summed E-state index contributed by atoms with van der Waals surface area (Å²) in [5.41, 5.74) is 0.636. The number of rotatable bonds is 3. The Labute approximate surface area is 124 Å². The first-order valence-electron chi connectivity index (χ1n) is 5.99. The summed E-state index contributed by atoms with van der Waals surface area (Å²) in [6.45, 7) is 3.07. The van der Waals surface area contributed by atoms with E-state index < -0.39 is 17.7 Å².